The normalized spacial score (nSPS) is 16.8. The van der Waals surface area contributed by atoms with Gasteiger partial charge >= 0.3 is 0 Å². The van der Waals surface area contributed by atoms with Gasteiger partial charge in [0.05, 0.1) is 0 Å². The maximum atomic E-state index is 12.4. The Kier molecular flexibility index (Phi) is 4.87. The first-order valence-electron chi connectivity index (χ1n) is 7.38. The van der Waals surface area contributed by atoms with E-state index in [0.29, 0.717) is 6.42 Å². The Labute approximate surface area is 134 Å². The molecular weight excluding hydrogens is 330 g/mol. The van der Waals surface area contributed by atoms with Crippen molar-refractivity contribution in [3.05, 3.63) is 29.3 Å². The molecule has 0 radical (unpaired) electrons. The number of nitrogens with zero attached hydrogens (tertiary/aromatic N) is 1. The quantitative estimate of drug-likeness (QED) is 0.455. The largest absolute Gasteiger partial charge is 0.312 e. The molecule has 21 heavy (non-hydrogen) atoms. The second kappa shape index (κ2) is 6.30. The van der Waals surface area contributed by atoms with Gasteiger partial charge in [-0.3, -0.25) is 9.59 Å². The number of amides is 1. The van der Waals surface area contributed by atoms with E-state index in [2.05, 4.69) is 29.8 Å². The lowest BCUT2D eigenvalue weighted by Crippen LogP contribution is -2.42. The highest BCUT2D eigenvalue weighted by Gasteiger charge is 2.36. The Balaban J connectivity index is 2.40. The molecule has 0 fully saturated rings. The number of hydrogen-bond acceptors (Lipinski definition) is 2. The van der Waals surface area contributed by atoms with Crippen LogP contribution in [0.4, 0.5) is 5.69 Å². The minimum absolute atomic E-state index is 0.0661. The lowest BCUT2D eigenvalue weighted by Gasteiger charge is -2.39. The molecule has 1 heterocycles. The van der Waals surface area contributed by atoms with Crippen LogP contribution < -0.4 is 4.90 Å². The van der Waals surface area contributed by atoms with Gasteiger partial charge in [-0.1, -0.05) is 29.8 Å². The SMILES string of the molecule is CC(=O)c1ccc2c(c1)C(C)(C)CC(=O)N2CCCCBr. The zero-order valence-electron chi connectivity index (χ0n) is 12.9. The van der Waals surface area contributed by atoms with Crippen LogP contribution in [-0.2, 0) is 10.2 Å². The average molecular weight is 352 g/mol. The molecule has 0 aliphatic carbocycles. The van der Waals surface area contributed by atoms with Crippen LogP contribution in [0.3, 0.4) is 0 Å². The zero-order valence-corrected chi connectivity index (χ0v) is 14.5. The minimum atomic E-state index is -0.218. The summed E-state index contributed by atoms with van der Waals surface area (Å²) in [5.41, 5.74) is 2.57. The van der Waals surface area contributed by atoms with Crippen LogP contribution in [-0.4, -0.2) is 23.6 Å². The molecule has 0 atom stereocenters. The molecule has 114 valence electrons. The highest BCUT2D eigenvalue weighted by atomic mass is 79.9. The van der Waals surface area contributed by atoms with Crippen LogP contribution in [0.2, 0.25) is 0 Å². The van der Waals surface area contributed by atoms with Gasteiger partial charge in [-0.05, 0) is 43.5 Å². The van der Waals surface area contributed by atoms with Gasteiger partial charge in [0.15, 0.2) is 5.78 Å². The number of benzene rings is 1. The molecule has 1 aromatic carbocycles. The van der Waals surface area contributed by atoms with Crippen molar-refractivity contribution in [3.8, 4) is 0 Å². The molecule has 0 bridgehead atoms. The first-order chi connectivity index (χ1) is 9.86. The topological polar surface area (TPSA) is 37.4 Å². The lowest BCUT2D eigenvalue weighted by atomic mass is 9.76. The third-order valence-electron chi connectivity index (χ3n) is 4.08. The molecule has 0 aromatic heterocycles. The van der Waals surface area contributed by atoms with Crippen LogP contribution in [0.15, 0.2) is 18.2 Å². The zero-order chi connectivity index (χ0) is 15.6. The number of carbonyl (C=O) groups is 2. The van der Waals surface area contributed by atoms with Gasteiger partial charge in [0.2, 0.25) is 5.91 Å². The van der Waals surface area contributed by atoms with Gasteiger partial charge in [-0.15, -0.1) is 0 Å². The highest BCUT2D eigenvalue weighted by Crippen LogP contribution is 2.40. The number of anilines is 1. The van der Waals surface area contributed by atoms with Gasteiger partial charge in [0.1, 0.15) is 0 Å². The molecule has 2 rings (SSSR count). The molecule has 4 heteroatoms. The fourth-order valence-corrected chi connectivity index (χ4v) is 3.24. The maximum Gasteiger partial charge on any atom is 0.227 e. The summed E-state index contributed by atoms with van der Waals surface area (Å²) in [6.07, 6.45) is 2.52. The summed E-state index contributed by atoms with van der Waals surface area (Å²) < 4.78 is 0. The number of rotatable bonds is 5. The molecule has 0 saturated heterocycles. The summed E-state index contributed by atoms with van der Waals surface area (Å²) in [4.78, 5) is 25.9. The van der Waals surface area contributed by atoms with Crippen LogP contribution in [0.25, 0.3) is 0 Å². The Bertz CT molecular complexity index is 566. The predicted octanol–water partition coefficient (Wildman–Crippen LogP) is 4.08. The number of hydrogen-bond donors (Lipinski definition) is 0. The first-order valence-corrected chi connectivity index (χ1v) is 8.51. The van der Waals surface area contributed by atoms with Crippen molar-refractivity contribution >= 4 is 33.3 Å². The van der Waals surface area contributed by atoms with Gasteiger partial charge in [0, 0.05) is 35.0 Å². The van der Waals surface area contributed by atoms with Crippen LogP contribution in [0, 0.1) is 0 Å². The Morgan fingerprint density at radius 3 is 2.67 bits per heavy atom. The van der Waals surface area contributed by atoms with E-state index >= 15 is 0 Å². The Morgan fingerprint density at radius 2 is 2.05 bits per heavy atom. The Hall–Kier alpha value is -1.16. The van der Waals surface area contributed by atoms with Crippen molar-refractivity contribution in [1.82, 2.24) is 0 Å². The molecule has 0 N–H and O–H groups in total. The number of unbranched alkanes of at least 4 members (excludes halogenated alkanes) is 1. The number of ketones is 1. The lowest BCUT2D eigenvalue weighted by molar-refractivity contribution is -0.120. The van der Waals surface area contributed by atoms with E-state index in [1.165, 1.54) is 0 Å². The van der Waals surface area contributed by atoms with Crippen molar-refractivity contribution in [1.29, 1.82) is 0 Å². The van der Waals surface area contributed by atoms with E-state index in [4.69, 9.17) is 0 Å². The van der Waals surface area contributed by atoms with Crippen molar-refractivity contribution in [2.75, 3.05) is 16.8 Å². The van der Waals surface area contributed by atoms with E-state index in [0.717, 1.165) is 41.5 Å². The highest BCUT2D eigenvalue weighted by molar-refractivity contribution is 9.09. The summed E-state index contributed by atoms with van der Waals surface area (Å²) in [6.45, 7) is 6.47. The van der Waals surface area contributed by atoms with Crippen molar-refractivity contribution in [2.24, 2.45) is 0 Å². The smallest absolute Gasteiger partial charge is 0.227 e. The number of Topliss-reactive ketones (excluding diaryl/α,β-unsaturated/α-hetero) is 1. The van der Waals surface area contributed by atoms with Crippen molar-refractivity contribution in [3.63, 3.8) is 0 Å². The fourth-order valence-electron chi connectivity index (χ4n) is 2.85. The van der Waals surface area contributed by atoms with E-state index in [1.807, 2.05) is 23.1 Å². The maximum absolute atomic E-state index is 12.4. The van der Waals surface area contributed by atoms with Gasteiger partial charge < -0.3 is 4.90 Å². The number of carbonyl (C=O) groups excluding carboxylic acids is 2. The minimum Gasteiger partial charge on any atom is -0.312 e. The van der Waals surface area contributed by atoms with Gasteiger partial charge in [-0.25, -0.2) is 0 Å². The standard InChI is InChI=1S/C17H22BrNO2/c1-12(20)13-6-7-15-14(10-13)17(2,3)11-16(21)19(15)9-5-4-8-18/h6-7,10H,4-5,8-9,11H2,1-3H3. The summed E-state index contributed by atoms with van der Waals surface area (Å²) in [6, 6.07) is 5.72. The second-order valence-corrected chi connectivity index (χ2v) is 7.08. The molecule has 0 saturated carbocycles. The number of halogens is 1. The molecule has 1 aromatic rings. The first kappa shape index (κ1) is 16.2. The average Bonchev–Trinajstić information content (AvgIpc) is 2.41. The molecule has 1 aliphatic rings. The molecule has 1 amide bonds. The van der Waals surface area contributed by atoms with Crippen molar-refractivity contribution < 1.29 is 9.59 Å². The van der Waals surface area contributed by atoms with Crippen LogP contribution >= 0.6 is 15.9 Å². The third-order valence-corrected chi connectivity index (χ3v) is 4.64. The van der Waals surface area contributed by atoms with E-state index in [1.54, 1.807) is 6.92 Å². The van der Waals surface area contributed by atoms with Crippen LogP contribution in [0.5, 0.6) is 0 Å². The van der Waals surface area contributed by atoms with Gasteiger partial charge in [-0.2, -0.15) is 0 Å². The summed E-state index contributed by atoms with van der Waals surface area (Å²) >= 11 is 3.42. The van der Waals surface area contributed by atoms with E-state index in [9.17, 15) is 9.59 Å². The van der Waals surface area contributed by atoms with Crippen LogP contribution in [0.1, 0.15) is 56.0 Å². The van der Waals surface area contributed by atoms with Gasteiger partial charge in [0.25, 0.3) is 0 Å². The molecular formula is C17H22BrNO2. The number of fused-ring (bicyclic) bond motifs is 1. The van der Waals surface area contributed by atoms with Crippen molar-refractivity contribution in [2.45, 2.75) is 45.4 Å². The predicted molar refractivity (Wildman–Crippen MR) is 89.5 cm³/mol. The molecule has 1 aliphatic heterocycles. The third kappa shape index (κ3) is 3.37. The summed E-state index contributed by atoms with van der Waals surface area (Å²) in [7, 11) is 0. The van der Waals surface area contributed by atoms with E-state index in [-0.39, 0.29) is 17.1 Å². The molecule has 3 nitrogen and oxygen atoms in total. The monoisotopic (exact) mass is 351 g/mol. The molecule has 0 spiro atoms. The summed E-state index contributed by atoms with van der Waals surface area (Å²) in [5.74, 6) is 0.244. The fraction of sp³-hybridized carbons (Fsp3) is 0.529. The molecule has 0 unspecified atom stereocenters. The number of alkyl halides is 1. The second-order valence-electron chi connectivity index (χ2n) is 6.29. The summed E-state index contributed by atoms with van der Waals surface area (Å²) in [5, 5.41) is 0.955. The Morgan fingerprint density at radius 1 is 1.33 bits per heavy atom. The van der Waals surface area contributed by atoms with E-state index < -0.39 is 0 Å².